The Bertz CT molecular complexity index is 668. The molecule has 1 heterocycles. The number of non-ortho nitro benzene ring substituents is 1. The lowest BCUT2D eigenvalue weighted by Crippen LogP contribution is -2.24. The number of carbonyl (C=O) groups excluding carboxylic acids is 1. The van der Waals surface area contributed by atoms with Crippen molar-refractivity contribution in [1.29, 1.82) is 0 Å². The van der Waals surface area contributed by atoms with Crippen LogP contribution < -0.4 is 5.32 Å². The van der Waals surface area contributed by atoms with E-state index in [0.29, 0.717) is 10.9 Å². The number of nitro benzene ring substituents is 1. The summed E-state index contributed by atoms with van der Waals surface area (Å²) in [5.41, 5.74) is 0.533. The summed E-state index contributed by atoms with van der Waals surface area (Å²) in [5, 5.41) is 20.0. The topological polar surface area (TPSA) is 101 Å². The van der Waals surface area contributed by atoms with Crippen molar-refractivity contribution < 1.29 is 9.72 Å². The molecule has 0 radical (unpaired) electrons. The molecular formula is C11H8N4O3. The number of amides is 1. The maximum absolute atomic E-state index is 11.7. The molecule has 1 aromatic carbocycles. The van der Waals surface area contributed by atoms with Crippen molar-refractivity contribution in [2.24, 2.45) is 0 Å². The highest BCUT2D eigenvalue weighted by molar-refractivity contribution is 6.05. The Kier molecular flexibility index (Phi) is 2.93. The van der Waals surface area contributed by atoms with Crippen LogP contribution in [0.3, 0.4) is 0 Å². The summed E-state index contributed by atoms with van der Waals surface area (Å²) in [5.74, 6) is 1.79. The number of nitrogens with one attached hydrogen (secondary N) is 2. The smallest absolute Gasteiger partial charge is 0.273 e. The molecule has 90 valence electrons. The zero-order chi connectivity index (χ0) is 13.1. The van der Waals surface area contributed by atoms with Crippen LogP contribution in [-0.4, -0.2) is 27.6 Å². The van der Waals surface area contributed by atoms with Crippen molar-refractivity contribution in [3.63, 3.8) is 0 Å². The third kappa shape index (κ3) is 1.99. The Balaban J connectivity index is 2.46. The van der Waals surface area contributed by atoms with E-state index in [1.54, 1.807) is 0 Å². The van der Waals surface area contributed by atoms with Gasteiger partial charge in [-0.05, 0) is 6.07 Å². The van der Waals surface area contributed by atoms with Crippen LogP contribution in [0.5, 0.6) is 0 Å². The molecule has 0 fully saturated rings. The van der Waals surface area contributed by atoms with Crippen molar-refractivity contribution >= 4 is 22.5 Å². The molecule has 2 rings (SSSR count). The second kappa shape index (κ2) is 4.55. The second-order valence-electron chi connectivity index (χ2n) is 3.45. The van der Waals surface area contributed by atoms with Crippen molar-refractivity contribution in [1.82, 2.24) is 15.5 Å². The normalized spacial score (nSPS) is 9.94. The fraction of sp³-hybridized carbons (Fsp3) is 0.0909. The van der Waals surface area contributed by atoms with Crippen LogP contribution in [0.2, 0.25) is 0 Å². The SMILES string of the molecule is C#CCNC(=O)c1n[nH]c2ccc([N+](=O)[O-])cc12. The number of nitro groups is 1. The number of terminal acetylenes is 1. The van der Waals surface area contributed by atoms with E-state index in [2.05, 4.69) is 21.4 Å². The van der Waals surface area contributed by atoms with Gasteiger partial charge in [-0.1, -0.05) is 5.92 Å². The van der Waals surface area contributed by atoms with E-state index in [1.165, 1.54) is 18.2 Å². The Morgan fingerprint density at radius 3 is 3.06 bits per heavy atom. The van der Waals surface area contributed by atoms with Gasteiger partial charge in [0.25, 0.3) is 11.6 Å². The second-order valence-corrected chi connectivity index (χ2v) is 3.45. The van der Waals surface area contributed by atoms with Crippen LogP contribution in [-0.2, 0) is 0 Å². The number of benzene rings is 1. The molecule has 0 saturated heterocycles. The number of H-pyrrole nitrogens is 1. The van der Waals surface area contributed by atoms with E-state index in [9.17, 15) is 14.9 Å². The van der Waals surface area contributed by atoms with Gasteiger partial charge in [-0.15, -0.1) is 6.42 Å². The summed E-state index contributed by atoms with van der Waals surface area (Å²) >= 11 is 0. The molecule has 0 unspecified atom stereocenters. The average molecular weight is 244 g/mol. The zero-order valence-corrected chi connectivity index (χ0v) is 9.14. The van der Waals surface area contributed by atoms with E-state index >= 15 is 0 Å². The van der Waals surface area contributed by atoms with Crippen LogP contribution in [0.15, 0.2) is 18.2 Å². The van der Waals surface area contributed by atoms with Gasteiger partial charge in [-0.25, -0.2) is 0 Å². The highest BCUT2D eigenvalue weighted by Crippen LogP contribution is 2.21. The number of fused-ring (bicyclic) bond motifs is 1. The van der Waals surface area contributed by atoms with Crippen molar-refractivity contribution in [3.05, 3.63) is 34.0 Å². The molecule has 1 amide bonds. The molecule has 7 heteroatoms. The Labute approximate surface area is 101 Å². The number of nitrogens with zero attached hydrogens (tertiary/aromatic N) is 2. The predicted molar refractivity (Wildman–Crippen MR) is 63.9 cm³/mol. The number of hydrogen-bond acceptors (Lipinski definition) is 4. The molecule has 2 N–H and O–H groups in total. The Hall–Kier alpha value is -2.88. The van der Waals surface area contributed by atoms with Gasteiger partial charge in [0, 0.05) is 17.5 Å². The number of hydrogen-bond donors (Lipinski definition) is 2. The molecule has 0 aliphatic rings. The first-order valence-corrected chi connectivity index (χ1v) is 4.97. The Morgan fingerprint density at radius 2 is 2.39 bits per heavy atom. The molecule has 0 bridgehead atoms. The minimum absolute atomic E-state index is 0.0715. The van der Waals surface area contributed by atoms with Gasteiger partial charge >= 0.3 is 0 Å². The van der Waals surface area contributed by atoms with Crippen molar-refractivity contribution in [3.8, 4) is 12.3 Å². The van der Waals surface area contributed by atoms with Gasteiger partial charge in [0.2, 0.25) is 0 Å². The van der Waals surface area contributed by atoms with Gasteiger partial charge < -0.3 is 5.32 Å². The maximum atomic E-state index is 11.7. The average Bonchev–Trinajstić information content (AvgIpc) is 2.78. The van der Waals surface area contributed by atoms with Crippen molar-refractivity contribution in [2.45, 2.75) is 0 Å². The highest BCUT2D eigenvalue weighted by atomic mass is 16.6. The van der Waals surface area contributed by atoms with Gasteiger partial charge in [-0.3, -0.25) is 20.0 Å². The molecule has 0 spiro atoms. The van der Waals surface area contributed by atoms with Crippen LogP contribution in [0.1, 0.15) is 10.5 Å². The first-order valence-electron chi connectivity index (χ1n) is 4.97. The van der Waals surface area contributed by atoms with Crippen LogP contribution >= 0.6 is 0 Å². The molecule has 1 aromatic heterocycles. The largest absolute Gasteiger partial charge is 0.340 e. The van der Waals surface area contributed by atoms with E-state index in [0.717, 1.165) is 0 Å². The van der Waals surface area contributed by atoms with Crippen LogP contribution in [0, 0.1) is 22.5 Å². The number of carbonyl (C=O) groups is 1. The first kappa shape index (κ1) is 11.6. The Morgan fingerprint density at radius 1 is 1.61 bits per heavy atom. The zero-order valence-electron chi connectivity index (χ0n) is 9.14. The van der Waals surface area contributed by atoms with Gasteiger partial charge in [0.15, 0.2) is 5.69 Å². The lowest BCUT2D eigenvalue weighted by atomic mass is 10.2. The fourth-order valence-corrected chi connectivity index (χ4v) is 1.50. The summed E-state index contributed by atoms with van der Waals surface area (Å²) < 4.78 is 0. The van der Waals surface area contributed by atoms with Crippen LogP contribution in [0.25, 0.3) is 10.9 Å². The molecule has 0 atom stereocenters. The lowest BCUT2D eigenvalue weighted by Gasteiger charge is -1.98. The van der Waals surface area contributed by atoms with E-state index < -0.39 is 10.8 Å². The van der Waals surface area contributed by atoms with E-state index in [-0.39, 0.29) is 17.9 Å². The number of aromatic amines is 1. The van der Waals surface area contributed by atoms with Crippen LogP contribution in [0.4, 0.5) is 5.69 Å². The van der Waals surface area contributed by atoms with E-state index in [4.69, 9.17) is 6.42 Å². The quantitative estimate of drug-likeness (QED) is 0.474. The third-order valence-electron chi connectivity index (χ3n) is 2.32. The van der Waals surface area contributed by atoms with E-state index in [1.807, 2.05) is 0 Å². The molecule has 18 heavy (non-hydrogen) atoms. The molecule has 0 saturated carbocycles. The molecular weight excluding hydrogens is 236 g/mol. The lowest BCUT2D eigenvalue weighted by molar-refractivity contribution is -0.384. The molecule has 0 aliphatic heterocycles. The van der Waals surface area contributed by atoms with Gasteiger partial charge in [-0.2, -0.15) is 5.10 Å². The van der Waals surface area contributed by atoms with Crippen molar-refractivity contribution in [2.75, 3.05) is 6.54 Å². The molecule has 7 nitrogen and oxygen atoms in total. The minimum Gasteiger partial charge on any atom is -0.340 e. The first-order chi connectivity index (χ1) is 8.63. The summed E-state index contributed by atoms with van der Waals surface area (Å²) in [7, 11) is 0. The highest BCUT2D eigenvalue weighted by Gasteiger charge is 2.16. The van der Waals surface area contributed by atoms with Gasteiger partial charge in [0.05, 0.1) is 17.0 Å². The predicted octanol–water partition coefficient (Wildman–Crippen LogP) is 0.834. The number of rotatable bonds is 3. The fourth-order valence-electron chi connectivity index (χ4n) is 1.50. The standard InChI is InChI=1S/C11H8N4O3/c1-2-5-12-11(16)10-8-6-7(15(17)18)3-4-9(8)13-14-10/h1,3-4,6H,5H2,(H,12,16)(H,13,14). The summed E-state index contributed by atoms with van der Waals surface area (Å²) in [6.07, 6.45) is 5.02. The maximum Gasteiger partial charge on any atom is 0.273 e. The number of aromatic nitrogens is 2. The summed E-state index contributed by atoms with van der Waals surface area (Å²) in [4.78, 5) is 21.8. The monoisotopic (exact) mass is 244 g/mol. The van der Waals surface area contributed by atoms with Gasteiger partial charge in [0.1, 0.15) is 0 Å². The molecule has 2 aromatic rings. The minimum atomic E-state index is -0.532. The summed E-state index contributed by atoms with van der Waals surface area (Å²) in [6, 6.07) is 4.13. The third-order valence-corrected chi connectivity index (χ3v) is 2.32. The summed E-state index contributed by atoms with van der Waals surface area (Å²) in [6.45, 7) is 0.0715. The molecule has 0 aliphatic carbocycles.